The number of nitrogens with zero attached hydrogens (tertiary/aromatic N) is 1. The minimum Gasteiger partial charge on any atom is -0.481 e. The van der Waals surface area contributed by atoms with E-state index >= 15 is 0 Å². The Hall–Kier alpha value is -1.26. The molecule has 2 amide bonds. The van der Waals surface area contributed by atoms with Crippen LogP contribution in [0.25, 0.3) is 0 Å². The summed E-state index contributed by atoms with van der Waals surface area (Å²) in [5.41, 5.74) is -0.489. The van der Waals surface area contributed by atoms with Crippen LogP contribution in [0.5, 0.6) is 0 Å². The van der Waals surface area contributed by atoms with E-state index in [0.29, 0.717) is 13.0 Å². The first-order valence-corrected chi connectivity index (χ1v) is 6.11. The number of carboxylic acids is 1. The molecule has 0 aromatic carbocycles. The molecule has 5 nitrogen and oxygen atoms in total. The number of hydrogen-bond donors (Lipinski definition) is 2. The first-order chi connectivity index (χ1) is 7.82. The molecule has 0 aliphatic rings. The molecule has 5 heteroatoms. The molecule has 0 aliphatic heterocycles. The quantitative estimate of drug-likeness (QED) is 0.720. The Morgan fingerprint density at radius 1 is 1.29 bits per heavy atom. The molecule has 0 radical (unpaired) electrons. The molecule has 0 fully saturated rings. The normalized spacial score (nSPS) is 11.1. The van der Waals surface area contributed by atoms with E-state index in [1.165, 1.54) is 0 Å². The van der Waals surface area contributed by atoms with Crippen LogP contribution in [0.4, 0.5) is 4.79 Å². The Bertz CT molecular complexity index is 264. The Balaban J connectivity index is 4.28. The van der Waals surface area contributed by atoms with Crippen molar-refractivity contribution in [3.8, 4) is 0 Å². The Labute approximate surface area is 103 Å². The maximum absolute atomic E-state index is 11.9. The number of aliphatic carboxylic acids is 1. The van der Waals surface area contributed by atoms with Gasteiger partial charge in [-0.2, -0.15) is 0 Å². The summed E-state index contributed by atoms with van der Waals surface area (Å²) in [6.45, 7) is 9.01. The monoisotopic (exact) mass is 244 g/mol. The Kier molecular flexibility index (Phi) is 6.61. The van der Waals surface area contributed by atoms with E-state index in [0.717, 1.165) is 13.0 Å². The van der Waals surface area contributed by atoms with Gasteiger partial charge in [0.1, 0.15) is 0 Å². The molecule has 0 unspecified atom stereocenters. The van der Waals surface area contributed by atoms with E-state index in [-0.39, 0.29) is 12.5 Å². The molecule has 0 rings (SSSR count). The van der Waals surface area contributed by atoms with Gasteiger partial charge < -0.3 is 15.3 Å². The number of hydrogen-bond acceptors (Lipinski definition) is 2. The van der Waals surface area contributed by atoms with Gasteiger partial charge >= 0.3 is 12.0 Å². The zero-order chi connectivity index (χ0) is 13.5. The SMILES string of the molecule is CCCN(CC)C(=O)NC(C)(C)CCC(=O)O. The molecular formula is C12H24N2O3. The lowest BCUT2D eigenvalue weighted by atomic mass is 9.99. The molecule has 2 N–H and O–H groups in total. The van der Waals surface area contributed by atoms with Gasteiger partial charge in [0.2, 0.25) is 0 Å². The van der Waals surface area contributed by atoms with Crippen molar-refractivity contribution in [1.29, 1.82) is 0 Å². The number of rotatable bonds is 7. The molecule has 100 valence electrons. The highest BCUT2D eigenvalue weighted by Crippen LogP contribution is 2.12. The zero-order valence-electron chi connectivity index (χ0n) is 11.2. The van der Waals surface area contributed by atoms with Crippen LogP contribution < -0.4 is 5.32 Å². The van der Waals surface area contributed by atoms with E-state index in [2.05, 4.69) is 5.32 Å². The molecule has 0 aliphatic carbocycles. The minimum atomic E-state index is -0.840. The lowest BCUT2D eigenvalue weighted by molar-refractivity contribution is -0.137. The summed E-state index contributed by atoms with van der Waals surface area (Å²) in [5, 5.41) is 11.5. The van der Waals surface area contributed by atoms with E-state index < -0.39 is 11.5 Å². The van der Waals surface area contributed by atoms with Crippen LogP contribution in [0.2, 0.25) is 0 Å². The fraction of sp³-hybridized carbons (Fsp3) is 0.833. The molecule has 0 atom stereocenters. The second-order valence-corrected chi connectivity index (χ2v) is 4.79. The van der Waals surface area contributed by atoms with Crippen molar-refractivity contribution in [2.24, 2.45) is 0 Å². The maximum Gasteiger partial charge on any atom is 0.317 e. The molecule has 0 heterocycles. The van der Waals surface area contributed by atoms with Gasteiger partial charge in [-0.1, -0.05) is 6.92 Å². The molecule has 0 saturated heterocycles. The fourth-order valence-electron chi connectivity index (χ4n) is 1.52. The summed E-state index contributed by atoms with van der Waals surface area (Å²) in [6.07, 6.45) is 1.40. The second kappa shape index (κ2) is 7.14. The maximum atomic E-state index is 11.9. The molecule has 0 bridgehead atoms. The number of carbonyl (C=O) groups excluding carboxylic acids is 1. The lowest BCUT2D eigenvalue weighted by Gasteiger charge is -2.30. The summed E-state index contributed by atoms with van der Waals surface area (Å²) in [7, 11) is 0. The topological polar surface area (TPSA) is 69.6 Å². The standard InChI is InChI=1S/C12H24N2O3/c1-5-9-14(6-2)11(17)13-12(3,4)8-7-10(15)16/h5-9H2,1-4H3,(H,13,17)(H,15,16). The van der Waals surface area contributed by atoms with Gasteiger partial charge in [0, 0.05) is 25.0 Å². The van der Waals surface area contributed by atoms with Gasteiger partial charge in [0.25, 0.3) is 0 Å². The van der Waals surface area contributed by atoms with Gasteiger partial charge in [0.15, 0.2) is 0 Å². The summed E-state index contributed by atoms with van der Waals surface area (Å²) >= 11 is 0. The third kappa shape index (κ3) is 6.81. The number of amides is 2. The van der Waals surface area contributed by atoms with E-state index in [1.807, 2.05) is 27.7 Å². The van der Waals surface area contributed by atoms with Crippen LogP contribution >= 0.6 is 0 Å². The van der Waals surface area contributed by atoms with Crippen LogP contribution in [-0.4, -0.2) is 40.6 Å². The highest BCUT2D eigenvalue weighted by atomic mass is 16.4. The fourth-order valence-corrected chi connectivity index (χ4v) is 1.52. The molecule has 0 spiro atoms. The number of carbonyl (C=O) groups is 2. The Morgan fingerprint density at radius 2 is 1.88 bits per heavy atom. The van der Waals surface area contributed by atoms with Crippen LogP contribution in [0.3, 0.4) is 0 Å². The third-order valence-corrected chi connectivity index (χ3v) is 2.57. The predicted octanol–water partition coefficient (Wildman–Crippen LogP) is 2.07. The van der Waals surface area contributed by atoms with Crippen molar-refractivity contribution in [3.63, 3.8) is 0 Å². The first kappa shape index (κ1) is 15.7. The van der Waals surface area contributed by atoms with E-state index in [1.54, 1.807) is 4.90 Å². The van der Waals surface area contributed by atoms with Crippen molar-refractivity contribution >= 4 is 12.0 Å². The van der Waals surface area contributed by atoms with Gasteiger partial charge in [-0.3, -0.25) is 4.79 Å². The van der Waals surface area contributed by atoms with E-state index in [9.17, 15) is 9.59 Å². The largest absolute Gasteiger partial charge is 0.481 e. The first-order valence-electron chi connectivity index (χ1n) is 6.11. The molecule has 0 saturated carbocycles. The summed E-state index contributed by atoms with van der Waals surface area (Å²) in [5.74, 6) is -0.840. The van der Waals surface area contributed by atoms with Gasteiger partial charge in [-0.05, 0) is 33.6 Å². The average Bonchev–Trinajstić information content (AvgIpc) is 2.22. The number of nitrogens with one attached hydrogen (secondary N) is 1. The third-order valence-electron chi connectivity index (χ3n) is 2.57. The van der Waals surface area contributed by atoms with Gasteiger partial charge in [-0.15, -0.1) is 0 Å². The number of carboxylic acid groups (broad SMARTS) is 1. The van der Waals surface area contributed by atoms with E-state index in [4.69, 9.17) is 5.11 Å². The lowest BCUT2D eigenvalue weighted by Crippen LogP contribution is -2.50. The average molecular weight is 244 g/mol. The summed E-state index contributed by atoms with van der Waals surface area (Å²) in [4.78, 5) is 24.1. The van der Waals surface area contributed by atoms with Crippen molar-refractivity contribution < 1.29 is 14.7 Å². The Morgan fingerprint density at radius 3 is 2.29 bits per heavy atom. The van der Waals surface area contributed by atoms with Crippen molar-refractivity contribution in [3.05, 3.63) is 0 Å². The van der Waals surface area contributed by atoms with Crippen molar-refractivity contribution in [1.82, 2.24) is 10.2 Å². The van der Waals surface area contributed by atoms with Crippen molar-refractivity contribution in [2.45, 2.75) is 52.5 Å². The molecular weight excluding hydrogens is 220 g/mol. The summed E-state index contributed by atoms with van der Waals surface area (Å²) in [6, 6.07) is -0.121. The zero-order valence-corrected chi connectivity index (χ0v) is 11.2. The summed E-state index contributed by atoms with van der Waals surface area (Å²) < 4.78 is 0. The van der Waals surface area contributed by atoms with Crippen LogP contribution in [0, 0.1) is 0 Å². The molecule has 0 aromatic heterocycles. The molecule has 17 heavy (non-hydrogen) atoms. The highest BCUT2D eigenvalue weighted by molar-refractivity contribution is 5.75. The van der Waals surface area contributed by atoms with Gasteiger partial charge in [-0.25, -0.2) is 4.79 Å². The van der Waals surface area contributed by atoms with Crippen molar-refractivity contribution in [2.75, 3.05) is 13.1 Å². The second-order valence-electron chi connectivity index (χ2n) is 4.79. The minimum absolute atomic E-state index is 0.0627. The predicted molar refractivity (Wildman–Crippen MR) is 67.0 cm³/mol. The van der Waals surface area contributed by atoms with Gasteiger partial charge in [0.05, 0.1) is 0 Å². The highest BCUT2D eigenvalue weighted by Gasteiger charge is 2.23. The number of urea groups is 1. The smallest absolute Gasteiger partial charge is 0.317 e. The van der Waals surface area contributed by atoms with Crippen LogP contribution in [0.15, 0.2) is 0 Å². The molecule has 0 aromatic rings. The van der Waals surface area contributed by atoms with Crippen LogP contribution in [-0.2, 0) is 4.79 Å². The van der Waals surface area contributed by atoms with Crippen LogP contribution in [0.1, 0.15) is 47.0 Å².